The summed E-state index contributed by atoms with van der Waals surface area (Å²) in [5, 5.41) is 8.49. The molecule has 5 heteroatoms. The molecular weight excluding hydrogens is 639 g/mol. The van der Waals surface area contributed by atoms with Crippen LogP contribution in [0.5, 0.6) is 0 Å². The van der Waals surface area contributed by atoms with Crippen LogP contribution in [0.25, 0.3) is 111 Å². The smallest absolute Gasteiger partial charge is 0.165 e. The topological polar surface area (TPSA) is 65.0 Å². The highest BCUT2D eigenvalue weighted by Crippen LogP contribution is 2.43. The lowest BCUT2D eigenvalue weighted by atomic mass is 9.96. The summed E-state index contributed by atoms with van der Waals surface area (Å²) in [6, 6.07) is 56.3. The third kappa shape index (κ3) is 4.46. The van der Waals surface area contributed by atoms with Gasteiger partial charge in [-0.1, -0.05) is 127 Å². The highest BCUT2D eigenvalue weighted by Gasteiger charge is 2.22. The number of furan rings is 2. The summed E-state index contributed by atoms with van der Waals surface area (Å²) in [6.45, 7) is 0. The zero-order valence-corrected chi connectivity index (χ0v) is 27.7. The molecule has 0 N–H and O–H groups in total. The number of fused-ring (bicyclic) bond motifs is 8. The predicted octanol–water partition coefficient (Wildman–Crippen LogP) is 12.6. The van der Waals surface area contributed by atoms with Gasteiger partial charge in [0.15, 0.2) is 17.5 Å². The maximum Gasteiger partial charge on any atom is 0.165 e. The van der Waals surface area contributed by atoms with Crippen molar-refractivity contribution in [2.45, 2.75) is 0 Å². The second-order valence-corrected chi connectivity index (χ2v) is 13.2. The molecule has 0 saturated heterocycles. The third-order valence-corrected chi connectivity index (χ3v) is 10.1. The van der Waals surface area contributed by atoms with Crippen LogP contribution in [-0.4, -0.2) is 15.0 Å². The molecule has 0 amide bonds. The van der Waals surface area contributed by atoms with E-state index < -0.39 is 0 Å². The number of nitrogens with zero attached hydrogens (tertiary/aromatic N) is 3. The van der Waals surface area contributed by atoms with Crippen LogP contribution >= 0.6 is 0 Å². The van der Waals surface area contributed by atoms with E-state index in [2.05, 4.69) is 103 Å². The predicted molar refractivity (Wildman–Crippen MR) is 211 cm³/mol. The van der Waals surface area contributed by atoms with Gasteiger partial charge in [-0.05, 0) is 69.1 Å². The van der Waals surface area contributed by atoms with Gasteiger partial charge in [0.25, 0.3) is 0 Å². The van der Waals surface area contributed by atoms with Crippen molar-refractivity contribution in [2.24, 2.45) is 0 Å². The molecule has 52 heavy (non-hydrogen) atoms. The Kier molecular flexibility index (Phi) is 6.18. The van der Waals surface area contributed by atoms with E-state index in [4.69, 9.17) is 23.8 Å². The summed E-state index contributed by atoms with van der Waals surface area (Å²) in [5.41, 5.74) is 8.15. The monoisotopic (exact) mass is 665 g/mol. The molecule has 0 unspecified atom stereocenters. The number of aromatic nitrogens is 3. The molecule has 8 aromatic carbocycles. The summed E-state index contributed by atoms with van der Waals surface area (Å²) in [4.78, 5) is 15.7. The molecule has 5 nitrogen and oxygen atoms in total. The van der Waals surface area contributed by atoms with E-state index in [1.807, 2.05) is 60.7 Å². The minimum Gasteiger partial charge on any atom is -0.456 e. The zero-order valence-electron chi connectivity index (χ0n) is 27.7. The van der Waals surface area contributed by atoms with E-state index >= 15 is 0 Å². The third-order valence-electron chi connectivity index (χ3n) is 10.1. The Morgan fingerprint density at radius 3 is 1.88 bits per heavy atom. The molecule has 0 aliphatic carbocycles. The molecule has 0 atom stereocenters. The number of para-hydroxylation sites is 1. The molecule has 3 heterocycles. The highest BCUT2D eigenvalue weighted by molar-refractivity contribution is 6.20. The molecule has 0 fully saturated rings. The quantitative estimate of drug-likeness (QED) is 0.187. The van der Waals surface area contributed by atoms with Crippen molar-refractivity contribution in [3.05, 3.63) is 164 Å². The Morgan fingerprint density at radius 2 is 0.981 bits per heavy atom. The number of hydrogen-bond donors (Lipinski definition) is 0. The first-order valence-electron chi connectivity index (χ1n) is 17.3. The first-order valence-corrected chi connectivity index (χ1v) is 17.3. The van der Waals surface area contributed by atoms with Crippen molar-refractivity contribution < 1.29 is 8.83 Å². The Morgan fingerprint density at radius 1 is 0.327 bits per heavy atom. The molecular formula is C47H27N3O2. The summed E-state index contributed by atoms with van der Waals surface area (Å²) >= 11 is 0. The fourth-order valence-electron chi connectivity index (χ4n) is 7.67. The van der Waals surface area contributed by atoms with Crippen molar-refractivity contribution in [3.63, 3.8) is 0 Å². The minimum atomic E-state index is 0.577. The van der Waals surface area contributed by atoms with Gasteiger partial charge in [0, 0.05) is 38.2 Å². The Bertz CT molecular complexity index is 3190. The molecule has 11 rings (SSSR count). The van der Waals surface area contributed by atoms with Gasteiger partial charge in [-0.2, -0.15) is 0 Å². The zero-order chi connectivity index (χ0) is 34.2. The number of hydrogen-bond acceptors (Lipinski definition) is 5. The first-order chi connectivity index (χ1) is 25.7. The van der Waals surface area contributed by atoms with Crippen LogP contribution in [-0.2, 0) is 0 Å². The molecule has 0 spiro atoms. The van der Waals surface area contributed by atoms with Crippen molar-refractivity contribution >= 4 is 65.4 Å². The number of rotatable bonds is 4. The maximum atomic E-state index is 6.71. The van der Waals surface area contributed by atoms with Crippen molar-refractivity contribution in [3.8, 4) is 45.3 Å². The molecule has 0 radical (unpaired) electrons. The minimum absolute atomic E-state index is 0.577. The van der Waals surface area contributed by atoms with Gasteiger partial charge < -0.3 is 8.83 Å². The van der Waals surface area contributed by atoms with E-state index in [-0.39, 0.29) is 0 Å². The molecule has 0 saturated carbocycles. The van der Waals surface area contributed by atoms with Gasteiger partial charge in [0.2, 0.25) is 0 Å². The Hall–Kier alpha value is -7.11. The Balaban J connectivity index is 1.19. The molecule has 0 bridgehead atoms. The van der Waals surface area contributed by atoms with Gasteiger partial charge in [-0.25, -0.2) is 15.0 Å². The molecule has 3 aromatic heterocycles. The van der Waals surface area contributed by atoms with Crippen LogP contribution in [0.4, 0.5) is 0 Å². The summed E-state index contributed by atoms with van der Waals surface area (Å²) in [6.07, 6.45) is 0. The van der Waals surface area contributed by atoms with E-state index in [9.17, 15) is 0 Å². The normalized spacial score (nSPS) is 11.8. The van der Waals surface area contributed by atoms with E-state index in [0.29, 0.717) is 17.5 Å². The molecule has 242 valence electrons. The summed E-state index contributed by atoms with van der Waals surface area (Å²) < 4.78 is 13.0. The lowest BCUT2D eigenvalue weighted by Gasteiger charge is -2.12. The second kappa shape index (κ2) is 11.2. The van der Waals surface area contributed by atoms with Gasteiger partial charge in [-0.15, -0.1) is 0 Å². The van der Waals surface area contributed by atoms with E-state index in [1.165, 1.54) is 10.8 Å². The Labute approximate surface area is 297 Å². The lowest BCUT2D eigenvalue weighted by Crippen LogP contribution is -2.01. The van der Waals surface area contributed by atoms with Crippen LogP contribution in [0.3, 0.4) is 0 Å². The maximum absolute atomic E-state index is 6.71. The van der Waals surface area contributed by atoms with E-state index in [0.717, 1.165) is 82.5 Å². The van der Waals surface area contributed by atoms with Crippen LogP contribution in [0.1, 0.15) is 0 Å². The van der Waals surface area contributed by atoms with Crippen molar-refractivity contribution in [1.29, 1.82) is 0 Å². The van der Waals surface area contributed by atoms with Gasteiger partial charge in [-0.3, -0.25) is 0 Å². The average Bonchev–Trinajstić information content (AvgIpc) is 3.77. The fraction of sp³-hybridized carbons (Fsp3) is 0. The largest absolute Gasteiger partial charge is 0.456 e. The molecule has 0 aliphatic rings. The number of benzene rings is 8. The first kappa shape index (κ1) is 28.7. The van der Waals surface area contributed by atoms with Crippen LogP contribution in [0.2, 0.25) is 0 Å². The molecule has 0 aliphatic heterocycles. The van der Waals surface area contributed by atoms with Gasteiger partial charge in [0.1, 0.15) is 22.3 Å². The van der Waals surface area contributed by atoms with Crippen molar-refractivity contribution in [1.82, 2.24) is 15.0 Å². The van der Waals surface area contributed by atoms with Crippen LogP contribution < -0.4 is 0 Å². The fourth-order valence-corrected chi connectivity index (χ4v) is 7.67. The van der Waals surface area contributed by atoms with E-state index in [1.54, 1.807) is 0 Å². The van der Waals surface area contributed by atoms with Crippen LogP contribution in [0.15, 0.2) is 173 Å². The summed E-state index contributed by atoms with van der Waals surface area (Å²) in [5.74, 6) is 1.75. The second-order valence-electron chi connectivity index (χ2n) is 13.2. The van der Waals surface area contributed by atoms with Gasteiger partial charge in [0.05, 0.1) is 0 Å². The standard InChI is InChI=1S/C47H27N3O2/c1-2-12-29(13-3-1)45-48-46(37-18-10-20-39-42(37)35-17-8-9-19-38(35)51-39)50-47(49-45)44-34-16-7-6-15-33(34)27-41-43(44)36-24-23-32(26-40(36)52-41)31-22-21-28-11-4-5-14-30(28)25-31/h1-27H. The SMILES string of the molecule is c1ccc(-c2nc(-c3cccc4oc5ccccc5c34)nc(-c3c4ccccc4cc4oc5cc(-c6ccc7ccccc7c6)ccc5c34)n2)cc1. The highest BCUT2D eigenvalue weighted by atomic mass is 16.3. The van der Waals surface area contributed by atoms with Crippen LogP contribution in [0, 0.1) is 0 Å². The van der Waals surface area contributed by atoms with Crippen molar-refractivity contribution in [2.75, 3.05) is 0 Å². The lowest BCUT2D eigenvalue weighted by molar-refractivity contribution is 0.669. The van der Waals surface area contributed by atoms with Gasteiger partial charge >= 0.3 is 0 Å². The summed E-state index contributed by atoms with van der Waals surface area (Å²) in [7, 11) is 0. The molecule has 11 aromatic rings. The average molecular weight is 666 g/mol.